The van der Waals surface area contributed by atoms with Gasteiger partial charge in [-0.3, -0.25) is 0 Å². The molecule has 1 rings (SSSR count). The summed E-state index contributed by atoms with van der Waals surface area (Å²) in [5.74, 6) is -2.03. The average Bonchev–Trinajstić information content (AvgIpc) is 2.30. The fourth-order valence-electron chi connectivity index (χ4n) is 1.96. The van der Waals surface area contributed by atoms with Crippen LogP contribution in [-0.2, 0) is 0 Å². The third-order valence-electron chi connectivity index (χ3n) is 2.96. The summed E-state index contributed by atoms with van der Waals surface area (Å²) in [6.45, 7) is 3.98. The first-order valence-electron chi connectivity index (χ1n) is 5.61. The molecule has 1 aromatic carbocycles. The summed E-state index contributed by atoms with van der Waals surface area (Å²) >= 11 is 0. The molecule has 17 heavy (non-hydrogen) atoms. The van der Waals surface area contributed by atoms with Gasteiger partial charge in [-0.05, 0) is 36.5 Å². The number of carboxylic acids is 2. The highest BCUT2D eigenvalue weighted by molar-refractivity contribution is 5.95. The van der Waals surface area contributed by atoms with Crippen LogP contribution in [0.3, 0.4) is 0 Å². The standard InChI is InChI=1S/C13H16O4/c1-3-8(4-2)10-6-5-9(12(14)15)7-11(10)13(16)17/h5-8H,3-4H2,1-2H3,(H,14,15)(H,16,17). The maximum atomic E-state index is 11.1. The normalized spacial score (nSPS) is 10.5. The van der Waals surface area contributed by atoms with Gasteiger partial charge in [-0.1, -0.05) is 19.9 Å². The summed E-state index contributed by atoms with van der Waals surface area (Å²) in [7, 11) is 0. The minimum atomic E-state index is -1.11. The Hall–Kier alpha value is -1.84. The van der Waals surface area contributed by atoms with Gasteiger partial charge >= 0.3 is 11.9 Å². The van der Waals surface area contributed by atoms with Crippen molar-refractivity contribution < 1.29 is 19.8 Å². The van der Waals surface area contributed by atoms with E-state index in [1.165, 1.54) is 12.1 Å². The Morgan fingerprint density at radius 1 is 1.12 bits per heavy atom. The fourth-order valence-corrected chi connectivity index (χ4v) is 1.96. The zero-order valence-electron chi connectivity index (χ0n) is 9.93. The van der Waals surface area contributed by atoms with Gasteiger partial charge in [0.1, 0.15) is 0 Å². The Balaban J connectivity index is 3.31. The molecule has 0 amide bonds. The molecule has 0 bridgehead atoms. The number of hydrogen-bond donors (Lipinski definition) is 2. The molecule has 0 aliphatic heterocycles. The van der Waals surface area contributed by atoms with Crippen LogP contribution in [0.25, 0.3) is 0 Å². The molecule has 0 atom stereocenters. The molecule has 0 aromatic heterocycles. The number of benzene rings is 1. The van der Waals surface area contributed by atoms with Crippen molar-refractivity contribution in [2.75, 3.05) is 0 Å². The van der Waals surface area contributed by atoms with Gasteiger partial charge in [0.25, 0.3) is 0 Å². The third-order valence-corrected chi connectivity index (χ3v) is 2.96. The molecule has 0 radical (unpaired) electrons. The predicted molar refractivity (Wildman–Crippen MR) is 63.7 cm³/mol. The van der Waals surface area contributed by atoms with E-state index >= 15 is 0 Å². The molecule has 0 unspecified atom stereocenters. The topological polar surface area (TPSA) is 74.6 Å². The quantitative estimate of drug-likeness (QED) is 0.824. The van der Waals surface area contributed by atoms with Crippen molar-refractivity contribution in [1.82, 2.24) is 0 Å². The lowest BCUT2D eigenvalue weighted by molar-refractivity contribution is 0.0694. The number of carbonyl (C=O) groups is 2. The lowest BCUT2D eigenvalue weighted by Crippen LogP contribution is -2.09. The maximum absolute atomic E-state index is 11.1. The lowest BCUT2D eigenvalue weighted by atomic mass is 9.89. The van der Waals surface area contributed by atoms with Crippen molar-refractivity contribution in [3.8, 4) is 0 Å². The molecule has 0 fully saturated rings. The van der Waals surface area contributed by atoms with E-state index in [0.29, 0.717) is 5.56 Å². The largest absolute Gasteiger partial charge is 0.478 e. The molecule has 0 saturated carbocycles. The van der Waals surface area contributed by atoms with Gasteiger partial charge in [-0.2, -0.15) is 0 Å². The van der Waals surface area contributed by atoms with Crippen LogP contribution in [0.2, 0.25) is 0 Å². The number of aromatic carboxylic acids is 2. The van der Waals surface area contributed by atoms with Gasteiger partial charge in [0.05, 0.1) is 11.1 Å². The minimum absolute atomic E-state index is 0.0112. The second kappa shape index (κ2) is 5.48. The molecule has 92 valence electrons. The van der Waals surface area contributed by atoms with Gasteiger partial charge in [0, 0.05) is 0 Å². The summed E-state index contributed by atoms with van der Waals surface area (Å²) in [6, 6.07) is 4.31. The van der Waals surface area contributed by atoms with Crippen molar-refractivity contribution in [3.63, 3.8) is 0 Å². The van der Waals surface area contributed by atoms with E-state index in [2.05, 4.69) is 0 Å². The van der Waals surface area contributed by atoms with E-state index in [1.54, 1.807) is 6.07 Å². The van der Waals surface area contributed by atoms with Crippen LogP contribution in [0.4, 0.5) is 0 Å². The zero-order valence-corrected chi connectivity index (χ0v) is 9.93. The van der Waals surface area contributed by atoms with Crippen LogP contribution in [0.5, 0.6) is 0 Å². The maximum Gasteiger partial charge on any atom is 0.335 e. The zero-order chi connectivity index (χ0) is 13.0. The molecule has 0 aliphatic carbocycles. The monoisotopic (exact) mass is 236 g/mol. The Morgan fingerprint density at radius 2 is 1.71 bits per heavy atom. The van der Waals surface area contributed by atoms with E-state index in [9.17, 15) is 9.59 Å². The van der Waals surface area contributed by atoms with Gasteiger partial charge in [-0.15, -0.1) is 0 Å². The lowest BCUT2D eigenvalue weighted by Gasteiger charge is -2.15. The highest BCUT2D eigenvalue weighted by atomic mass is 16.4. The second-order valence-corrected chi connectivity index (χ2v) is 3.93. The highest BCUT2D eigenvalue weighted by Gasteiger charge is 2.18. The van der Waals surface area contributed by atoms with Crippen molar-refractivity contribution in [2.45, 2.75) is 32.6 Å². The molecule has 4 nitrogen and oxygen atoms in total. The first kappa shape index (κ1) is 13.2. The van der Waals surface area contributed by atoms with Crippen molar-refractivity contribution >= 4 is 11.9 Å². The average molecular weight is 236 g/mol. The molecule has 1 aromatic rings. The van der Waals surface area contributed by atoms with Crippen molar-refractivity contribution in [1.29, 1.82) is 0 Å². The van der Waals surface area contributed by atoms with Crippen LogP contribution in [0.1, 0.15) is 58.9 Å². The van der Waals surface area contributed by atoms with Crippen molar-refractivity contribution in [2.24, 2.45) is 0 Å². The summed E-state index contributed by atoms with van der Waals surface area (Å²) in [4.78, 5) is 21.9. The predicted octanol–water partition coefficient (Wildman–Crippen LogP) is 2.99. The molecule has 0 aliphatic rings. The Bertz CT molecular complexity index is 433. The Kier molecular flexibility index (Phi) is 4.26. The fraction of sp³-hybridized carbons (Fsp3) is 0.385. The van der Waals surface area contributed by atoms with Crippen LogP contribution in [-0.4, -0.2) is 22.2 Å². The molecule has 0 heterocycles. The Labute approximate surface area is 99.9 Å². The van der Waals surface area contributed by atoms with Crippen LogP contribution < -0.4 is 0 Å². The summed E-state index contributed by atoms with van der Waals surface area (Å²) in [5, 5.41) is 18.0. The minimum Gasteiger partial charge on any atom is -0.478 e. The molecule has 4 heteroatoms. The summed E-state index contributed by atoms with van der Waals surface area (Å²) in [5.41, 5.74) is 0.822. The number of rotatable bonds is 5. The molecule has 0 spiro atoms. The van der Waals surface area contributed by atoms with E-state index < -0.39 is 11.9 Å². The van der Waals surface area contributed by atoms with Gasteiger partial charge in [-0.25, -0.2) is 9.59 Å². The molecular formula is C13H16O4. The smallest absolute Gasteiger partial charge is 0.335 e. The SMILES string of the molecule is CCC(CC)c1ccc(C(=O)O)cc1C(=O)O. The summed E-state index contributed by atoms with van der Waals surface area (Å²) < 4.78 is 0. The summed E-state index contributed by atoms with van der Waals surface area (Å²) in [6.07, 6.45) is 1.67. The van der Waals surface area contributed by atoms with E-state index in [4.69, 9.17) is 10.2 Å². The van der Waals surface area contributed by atoms with Crippen LogP contribution >= 0.6 is 0 Å². The molecular weight excluding hydrogens is 220 g/mol. The molecule has 2 N–H and O–H groups in total. The number of hydrogen-bond acceptors (Lipinski definition) is 2. The number of carboxylic acid groups (broad SMARTS) is 2. The van der Waals surface area contributed by atoms with Gasteiger partial charge < -0.3 is 10.2 Å². The first-order chi connectivity index (χ1) is 8.01. The first-order valence-corrected chi connectivity index (χ1v) is 5.61. The van der Waals surface area contributed by atoms with Crippen LogP contribution in [0.15, 0.2) is 18.2 Å². The van der Waals surface area contributed by atoms with Gasteiger partial charge in [0.15, 0.2) is 0 Å². The van der Waals surface area contributed by atoms with E-state index in [0.717, 1.165) is 12.8 Å². The third kappa shape index (κ3) is 2.84. The van der Waals surface area contributed by atoms with E-state index in [-0.39, 0.29) is 17.0 Å². The Morgan fingerprint density at radius 3 is 2.12 bits per heavy atom. The van der Waals surface area contributed by atoms with Crippen molar-refractivity contribution in [3.05, 3.63) is 34.9 Å². The second-order valence-electron chi connectivity index (χ2n) is 3.93. The molecule has 0 saturated heterocycles. The van der Waals surface area contributed by atoms with Crippen LogP contribution in [0, 0.1) is 0 Å². The van der Waals surface area contributed by atoms with Gasteiger partial charge in [0.2, 0.25) is 0 Å². The van der Waals surface area contributed by atoms with E-state index in [1.807, 2.05) is 13.8 Å². The highest BCUT2D eigenvalue weighted by Crippen LogP contribution is 2.27.